The Hall–Kier alpha value is -4.25. The minimum absolute atomic E-state index is 0.0259. The van der Waals surface area contributed by atoms with Crippen LogP contribution in [0.3, 0.4) is 0 Å². The molecule has 0 radical (unpaired) electrons. The van der Waals surface area contributed by atoms with Gasteiger partial charge in [0.15, 0.2) is 0 Å². The predicted octanol–water partition coefficient (Wildman–Crippen LogP) is 1.53. The highest BCUT2D eigenvalue weighted by Gasteiger charge is 2.29. The highest BCUT2D eigenvalue weighted by molar-refractivity contribution is 5.79. The molecule has 11 heteroatoms. The average molecular weight is 479 g/mol. The summed E-state index contributed by atoms with van der Waals surface area (Å²) in [6.45, 7) is 0.0851. The summed E-state index contributed by atoms with van der Waals surface area (Å²) in [6.07, 6.45) is 0.977. The number of carbonyl (C=O) groups is 3. The van der Waals surface area contributed by atoms with Crippen LogP contribution in [0.4, 0.5) is 4.79 Å². The lowest BCUT2D eigenvalue weighted by molar-refractivity contribution is -0.142. The summed E-state index contributed by atoms with van der Waals surface area (Å²) < 4.78 is 11.7. The first-order valence-corrected chi connectivity index (χ1v) is 11.1. The minimum Gasteiger partial charge on any atom is -0.480 e. The molecule has 0 unspecified atom stereocenters. The number of carbonyl (C=O) groups excluding carboxylic acids is 2. The molecule has 0 saturated carbocycles. The number of amides is 2. The van der Waals surface area contributed by atoms with Gasteiger partial charge in [0.25, 0.3) is 0 Å². The lowest BCUT2D eigenvalue weighted by Crippen LogP contribution is -2.31. The third-order valence-corrected chi connectivity index (χ3v) is 5.44. The first kappa shape index (κ1) is 23.9. The van der Waals surface area contributed by atoms with Gasteiger partial charge >= 0.3 is 12.1 Å². The van der Waals surface area contributed by atoms with Crippen molar-refractivity contribution in [2.75, 3.05) is 26.4 Å². The van der Waals surface area contributed by atoms with E-state index in [0.29, 0.717) is 5.69 Å². The van der Waals surface area contributed by atoms with Crippen LogP contribution in [-0.2, 0) is 32.2 Å². The van der Waals surface area contributed by atoms with Crippen molar-refractivity contribution in [1.29, 1.82) is 0 Å². The summed E-state index contributed by atoms with van der Waals surface area (Å²) in [7, 11) is 0. The Labute approximate surface area is 201 Å². The number of rotatable bonds is 11. The second-order valence-electron chi connectivity index (χ2n) is 7.88. The van der Waals surface area contributed by atoms with Gasteiger partial charge in [0.1, 0.15) is 25.5 Å². The van der Waals surface area contributed by atoms with Crippen LogP contribution in [0.5, 0.6) is 0 Å². The van der Waals surface area contributed by atoms with Gasteiger partial charge in [-0.3, -0.25) is 4.79 Å². The molecule has 0 atom stereocenters. The van der Waals surface area contributed by atoms with Gasteiger partial charge < -0.3 is 25.2 Å². The highest BCUT2D eigenvalue weighted by atomic mass is 16.5. The van der Waals surface area contributed by atoms with E-state index in [1.807, 2.05) is 24.3 Å². The van der Waals surface area contributed by atoms with Gasteiger partial charge in [-0.15, -0.1) is 5.10 Å². The van der Waals surface area contributed by atoms with Crippen molar-refractivity contribution in [3.8, 4) is 11.1 Å². The highest BCUT2D eigenvalue weighted by Crippen LogP contribution is 2.44. The van der Waals surface area contributed by atoms with Crippen LogP contribution in [0.25, 0.3) is 11.1 Å². The normalized spacial score (nSPS) is 12.0. The number of alkyl carbamates (subject to hydrolysis) is 1. The van der Waals surface area contributed by atoms with Gasteiger partial charge in [0.2, 0.25) is 5.91 Å². The van der Waals surface area contributed by atoms with Gasteiger partial charge in [-0.2, -0.15) is 0 Å². The summed E-state index contributed by atoms with van der Waals surface area (Å²) in [6, 6.07) is 16.2. The molecule has 1 aromatic heterocycles. The number of carboxylic acids is 1. The number of fused-ring (bicyclic) bond motifs is 3. The quantitative estimate of drug-likeness (QED) is 0.351. The zero-order valence-electron chi connectivity index (χ0n) is 18.8. The molecule has 4 rings (SSSR count). The Morgan fingerprint density at radius 3 is 2.37 bits per heavy atom. The maximum absolute atomic E-state index is 12.3. The topological polar surface area (TPSA) is 145 Å². The molecule has 2 amide bonds. The van der Waals surface area contributed by atoms with E-state index >= 15 is 0 Å². The fourth-order valence-electron chi connectivity index (χ4n) is 3.93. The van der Waals surface area contributed by atoms with Crippen molar-refractivity contribution >= 4 is 18.0 Å². The van der Waals surface area contributed by atoms with E-state index < -0.39 is 18.7 Å². The fraction of sp³-hybridized carbons (Fsp3) is 0.292. The molecular formula is C24H25N5O6. The summed E-state index contributed by atoms with van der Waals surface area (Å²) in [5, 5.41) is 21.5. The minimum atomic E-state index is -1.07. The summed E-state index contributed by atoms with van der Waals surface area (Å²) in [4.78, 5) is 34.6. The molecule has 182 valence electrons. The molecule has 1 aliphatic rings. The maximum Gasteiger partial charge on any atom is 0.407 e. The number of nitrogens with one attached hydrogen (secondary N) is 2. The van der Waals surface area contributed by atoms with E-state index in [2.05, 4.69) is 45.2 Å². The van der Waals surface area contributed by atoms with Crippen LogP contribution >= 0.6 is 0 Å². The van der Waals surface area contributed by atoms with Gasteiger partial charge in [-0.1, -0.05) is 53.7 Å². The largest absolute Gasteiger partial charge is 0.480 e. The van der Waals surface area contributed by atoms with Crippen molar-refractivity contribution in [2.45, 2.75) is 19.0 Å². The number of ether oxygens (including phenoxy) is 2. The lowest BCUT2D eigenvalue weighted by Gasteiger charge is -2.14. The zero-order valence-corrected chi connectivity index (χ0v) is 18.8. The number of aliphatic carboxylic acids is 1. The molecule has 0 aliphatic heterocycles. The summed E-state index contributed by atoms with van der Waals surface area (Å²) >= 11 is 0. The standard InChI is InChI=1S/C24H25N5O6/c30-22(25-9-10-34-15-23(31)32)13-29-12-16(27-28-29)11-26-24(33)35-14-21-19-7-3-1-5-17(19)18-6-2-4-8-20(18)21/h1-8,12,21H,9-11,13-15H2,(H,25,30)(H,26,33)(H,31,32). The van der Waals surface area contributed by atoms with Crippen molar-refractivity contribution in [1.82, 2.24) is 25.6 Å². The number of aromatic nitrogens is 3. The monoisotopic (exact) mass is 479 g/mol. The van der Waals surface area contributed by atoms with Gasteiger partial charge in [0, 0.05) is 12.5 Å². The number of benzene rings is 2. The molecule has 3 N–H and O–H groups in total. The third-order valence-electron chi connectivity index (χ3n) is 5.44. The fourth-order valence-corrected chi connectivity index (χ4v) is 3.93. The number of carboxylic acid groups (broad SMARTS) is 1. The van der Waals surface area contributed by atoms with E-state index in [0.717, 1.165) is 22.3 Å². The van der Waals surface area contributed by atoms with Crippen LogP contribution in [-0.4, -0.2) is 64.4 Å². The van der Waals surface area contributed by atoms with Crippen LogP contribution in [0.15, 0.2) is 54.7 Å². The number of nitrogens with zero attached hydrogens (tertiary/aromatic N) is 3. The second kappa shape index (κ2) is 11.3. The van der Waals surface area contributed by atoms with Crippen molar-refractivity contribution < 1.29 is 29.0 Å². The van der Waals surface area contributed by atoms with Gasteiger partial charge in [0.05, 0.1) is 19.3 Å². The van der Waals surface area contributed by atoms with E-state index in [9.17, 15) is 14.4 Å². The smallest absolute Gasteiger partial charge is 0.407 e. The number of hydrogen-bond acceptors (Lipinski definition) is 7. The molecular weight excluding hydrogens is 454 g/mol. The predicted molar refractivity (Wildman–Crippen MR) is 123 cm³/mol. The number of hydrogen-bond donors (Lipinski definition) is 3. The van der Waals surface area contributed by atoms with Crippen LogP contribution < -0.4 is 10.6 Å². The van der Waals surface area contributed by atoms with E-state index in [1.54, 1.807) is 6.20 Å². The zero-order chi connectivity index (χ0) is 24.6. The maximum atomic E-state index is 12.3. The van der Waals surface area contributed by atoms with Crippen LogP contribution in [0.2, 0.25) is 0 Å². The summed E-state index contributed by atoms with van der Waals surface area (Å²) in [5.41, 5.74) is 5.06. The van der Waals surface area contributed by atoms with Crippen LogP contribution in [0.1, 0.15) is 22.7 Å². The van der Waals surface area contributed by atoms with Crippen molar-refractivity contribution in [2.24, 2.45) is 0 Å². The molecule has 1 heterocycles. The van der Waals surface area contributed by atoms with Crippen molar-refractivity contribution in [3.05, 3.63) is 71.5 Å². The Morgan fingerprint density at radius 2 is 1.69 bits per heavy atom. The molecule has 3 aromatic rings. The Kier molecular flexibility index (Phi) is 7.68. The molecule has 0 fully saturated rings. The first-order chi connectivity index (χ1) is 17.0. The summed E-state index contributed by atoms with van der Waals surface area (Å²) in [5.74, 6) is -1.43. The molecule has 1 aliphatic carbocycles. The molecule has 0 bridgehead atoms. The Bertz CT molecular complexity index is 1160. The molecule has 11 nitrogen and oxygen atoms in total. The van der Waals surface area contributed by atoms with E-state index in [1.165, 1.54) is 4.68 Å². The van der Waals surface area contributed by atoms with Gasteiger partial charge in [-0.25, -0.2) is 14.3 Å². The van der Waals surface area contributed by atoms with Crippen LogP contribution in [0, 0.1) is 0 Å². The molecule has 2 aromatic carbocycles. The average Bonchev–Trinajstić information content (AvgIpc) is 3.43. The molecule has 0 saturated heterocycles. The first-order valence-electron chi connectivity index (χ1n) is 11.1. The van der Waals surface area contributed by atoms with Gasteiger partial charge in [-0.05, 0) is 22.3 Å². The third kappa shape index (κ3) is 6.21. The SMILES string of the molecule is O=C(O)COCCNC(=O)Cn1cc(CNC(=O)OCC2c3ccccc3-c3ccccc32)nn1. The lowest BCUT2D eigenvalue weighted by atomic mass is 9.98. The molecule has 0 spiro atoms. The Morgan fingerprint density at radius 1 is 1.00 bits per heavy atom. The van der Waals surface area contributed by atoms with Crippen molar-refractivity contribution in [3.63, 3.8) is 0 Å². The van der Waals surface area contributed by atoms with E-state index in [-0.39, 0.29) is 44.7 Å². The molecule has 35 heavy (non-hydrogen) atoms. The Balaban J connectivity index is 1.20. The second-order valence-corrected chi connectivity index (χ2v) is 7.88. The van der Waals surface area contributed by atoms with E-state index in [4.69, 9.17) is 14.6 Å².